The van der Waals surface area contributed by atoms with Crippen molar-refractivity contribution < 1.29 is 13.9 Å². The van der Waals surface area contributed by atoms with Gasteiger partial charge in [-0.1, -0.05) is 12.1 Å². The van der Waals surface area contributed by atoms with E-state index < -0.39 is 5.63 Å². The molecule has 126 valence electrons. The smallest absolute Gasteiger partial charge is 0.349 e. The van der Waals surface area contributed by atoms with Crippen LogP contribution in [0.5, 0.6) is 5.75 Å². The molecule has 0 unspecified atom stereocenters. The number of phenolic OH excluding ortho intramolecular Hbond substituents is 1. The predicted octanol–water partition coefficient (Wildman–Crippen LogP) is 3.37. The van der Waals surface area contributed by atoms with Crippen molar-refractivity contribution in [3.05, 3.63) is 58.4 Å². The van der Waals surface area contributed by atoms with Gasteiger partial charge in [-0.05, 0) is 44.4 Å². The number of hydrogen-bond donors (Lipinski definition) is 1. The highest BCUT2D eigenvalue weighted by atomic mass is 16.4. The summed E-state index contributed by atoms with van der Waals surface area (Å²) >= 11 is 0. The normalized spacial score (nSPS) is 11.6. The van der Waals surface area contributed by atoms with Crippen LogP contribution < -0.4 is 5.63 Å². The maximum atomic E-state index is 12.5. The zero-order chi connectivity index (χ0) is 17.6. The number of hydrogen-bond acceptors (Lipinski definition) is 6. The Hall–Kier alpha value is -3.12. The molecule has 0 saturated heterocycles. The molecule has 0 saturated carbocycles. The Morgan fingerprint density at radius 1 is 1.12 bits per heavy atom. The van der Waals surface area contributed by atoms with Crippen molar-refractivity contribution in [3.8, 4) is 17.2 Å². The number of benzene rings is 2. The number of fused-ring (bicyclic) bond motifs is 2. The van der Waals surface area contributed by atoms with E-state index >= 15 is 0 Å². The Bertz CT molecular complexity index is 1110. The fourth-order valence-electron chi connectivity index (χ4n) is 2.84. The highest BCUT2D eigenvalue weighted by Crippen LogP contribution is 2.30. The zero-order valence-electron chi connectivity index (χ0n) is 13.8. The van der Waals surface area contributed by atoms with Gasteiger partial charge in [0.1, 0.15) is 22.4 Å². The van der Waals surface area contributed by atoms with Crippen LogP contribution in [0.1, 0.15) is 5.56 Å². The molecule has 0 aliphatic heterocycles. The minimum absolute atomic E-state index is 0.0963. The van der Waals surface area contributed by atoms with Crippen molar-refractivity contribution in [1.29, 1.82) is 0 Å². The molecule has 2 aromatic carbocycles. The summed E-state index contributed by atoms with van der Waals surface area (Å²) in [5.74, 6) is 0.318. The van der Waals surface area contributed by atoms with E-state index in [2.05, 4.69) is 4.98 Å². The largest absolute Gasteiger partial charge is 0.507 e. The van der Waals surface area contributed by atoms with E-state index in [1.807, 2.05) is 37.2 Å². The molecule has 1 N–H and O–H groups in total. The van der Waals surface area contributed by atoms with E-state index in [1.54, 1.807) is 24.3 Å². The molecular formula is C19H16N2O4. The highest BCUT2D eigenvalue weighted by Gasteiger charge is 2.17. The Morgan fingerprint density at radius 2 is 1.92 bits per heavy atom. The molecule has 4 rings (SSSR count). The fraction of sp³-hybridized carbons (Fsp3) is 0.158. The molecule has 25 heavy (non-hydrogen) atoms. The quantitative estimate of drug-likeness (QED) is 0.578. The number of oxazole rings is 1. The van der Waals surface area contributed by atoms with Crippen LogP contribution in [0.4, 0.5) is 0 Å². The second-order valence-electron chi connectivity index (χ2n) is 6.15. The Balaban J connectivity index is 1.93. The average molecular weight is 336 g/mol. The van der Waals surface area contributed by atoms with Gasteiger partial charge in [-0.2, -0.15) is 0 Å². The van der Waals surface area contributed by atoms with E-state index in [0.717, 1.165) is 0 Å². The molecular weight excluding hydrogens is 320 g/mol. The number of nitrogens with zero attached hydrogens (tertiary/aromatic N) is 2. The lowest BCUT2D eigenvalue weighted by Crippen LogP contribution is -2.12. The summed E-state index contributed by atoms with van der Waals surface area (Å²) in [7, 11) is 3.76. The summed E-state index contributed by atoms with van der Waals surface area (Å²) in [4.78, 5) is 18.7. The Kier molecular flexibility index (Phi) is 3.54. The van der Waals surface area contributed by atoms with Gasteiger partial charge >= 0.3 is 5.63 Å². The SMILES string of the molecule is CN(C)Cc1c(O)ccc2cc(-c3nc4ccccc4o3)c(=O)oc12. The first-order valence-corrected chi connectivity index (χ1v) is 7.82. The summed E-state index contributed by atoms with van der Waals surface area (Å²) in [6, 6.07) is 12.3. The lowest BCUT2D eigenvalue weighted by Gasteiger charge is -2.13. The Labute approximate surface area is 142 Å². The van der Waals surface area contributed by atoms with Crippen molar-refractivity contribution in [2.24, 2.45) is 0 Å². The van der Waals surface area contributed by atoms with E-state index in [4.69, 9.17) is 8.83 Å². The number of rotatable bonds is 3. The molecule has 6 nitrogen and oxygen atoms in total. The second-order valence-corrected chi connectivity index (χ2v) is 6.15. The van der Waals surface area contributed by atoms with Crippen LogP contribution in [0, 0.1) is 0 Å². The minimum Gasteiger partial charge on any atom is -0.507 e. The van der Waals surface area contributed by atoms with Gasteiger partial charge in [0.25, 0.3) is 0 Å². The number of para-hydroxylation sites is 2. The van der Waals surface area contributed by atoms with Crippen LogP contribution in [0.2, 0.25) is 0 Å². The maximum Gasteiger partial charge on any atom is 0.349 e. The van der Waals surface area contributed by atoms with Gasteiger partial charge in [-0.25, -0.2) is 9.78 Å². The summed E-state index contributed by atoms with van der Waals surface area (Å²) in [5, 5.41) is 10.8. The maximum absolute atomic E-state index is 12.5. The second kappa shape index (κ2) is 5.75. The summed E-state index contributed by atoms with van der Waals surface area (Å²) in [6.45, 7) is 0.453. The molecule has 0 fully saturated rings. The molecule has 6 heteroatoms. The molecule has 0 aliphatic carbocycles. The van der Waals surface area contributed by atoms with E-state index in [1.165, 1.54) is 0 Å². The lowest BCUT2D eigenvalue weighted by atomic mass is 10.1. The summed E-state index contributed by atoms with van der Waals surface area (Å²) in [6.07, 6.45) is 0. The van der Waals surface area contributed by atoms with E-state index in [0.29, 0.717) is 34.2 Å². The topological polar surface area (TPSA) is 79.7 Å². The predicted molar refractivity (Wildman–Crippen MR) is 94.5 cm³/mol. The third-order valence-corrected chi connectivity index (χ3v) is 3.98. The molecule has 0 radical (unpaired) electrons. The van der Waals surface area contributed by atoms with E-state index in [9.17, 15) is 9.90 Å². The van der Waals surface area contributed by atoms with Crippen molar-refractivity contribution in [1.82, 2.24) is 9.88 Å². The van der Waals surface area contributed by atoms with Crippen LogP contribution in [-0.4, -0.2) is 29.1 Å². The van der Waals surface area contributed by atoms with Gasteiger partial charge < -0.3 is 18.8 Å². The van der Waals surface area contributed by atoms with Crippen LogP contribution in [0.25, 0.3) is 33.5 Å². The molecule has 2 heterocycles. The van der Waals surface area contributed by atoms with Crippen LogP contribution in [-0.2, 0) is 6.54 Å². The first-order chi connectivity index (χ1) is 12.0. The first-order valence-electron chi connectivity index (χ1n) is 7.82. The van der Waals surface area contributed by atoms with Gasteiger partial charge in [0, 0.05) is 11.9 Å². The van der Waals surface area contributed by atoms with Gasteiger partial charge in [0.15, 0.2) is 5.58 Å². The molecule has 0 aliphatic rings. The number of aromatic hydroxyl groups is 1. The van der Waals surface area contributed by atoms with Crippen LogP contribution in [0.15, 0.2) is 56.1 Å². The molecule has 0 amide bonds. The standard InChI is InChI=1S/C19H16N2O4/c1-21(2)10-13-15(22)8-7-11-9-12(19(23)25-17(11)13)18-20-14-5-3-4-6-16(14)24-18/h3-9,22H,10H2,1-2H3. The molecule has 0 atom stereocenters. The third kappa shape index (κ3) is 2.66. The van der Waals surface area contributed by atoms with Gasteiger partial charge in [0.05, 0.1) is 5.56 Å². The fourth-order valence-corrected chi connectivity index (χ4v) is 2.84. The highest BCUT2D eigenvalue weighted by molar-refractivity contribution is 5.85. The van der Waals surface area contributed by atoms with Crippen molar-refractivity contribution in [3.63, 3.8) is 0 Å². The molecule has 4 aromatic rings. The van der Waals surface area contributed by atoms with Gasteiger partial charge in [-0.15, -0.1) is 0 Å². The number of aromatic nitrogens is 1. The molecule has 0 spiro atoms. The van der Waals surface area contributed by atoms with Crippen LogP contribution >= 0.6 is 0 Å². The van der Waals surface area contributed by atoms with Crippen molar-refractivity contribution in [2.75, 3.05) is 14.1 Å². The van der Waals surface area contributed by atoms with E-state index in [-0.39, 0.29) is 17.2 Å². The third-order valence-electron chi connectivity index (χ3n) is 3.98. The zero-order valence-corrected chi connectivity index (χ0v) is 13.8. The monoisotopic (exact) mass is 336 g/mol. The summed E-state index contributed by atoms with van der Waals surface area (Å²) in [5.41, 5.74) is 1.93. The summed E-state index contributed by atoms with van der Waals surface area (Å²) < 4.78 is 11.2. The van der Waals surface area contributed by atoms with Crippen molar-refractivity contribution in [2.45, 2.75) is 6.54 Å². The van der Waals surface area contributed by atoms with Gasteiger partial charge in [-0.3, -0.25) is 0 Å². The van der Waals surface area contributed by atoms with Crippen molar-refractivity contribution >= 4 is 22.1 Å². The molecule has 2 aromatic heterocycles. The van der Waals surface area contributed by atoms with Crippen LogP contribution in [0.3, 0.4) is 0 Å². The molecule has 0 bridgehead atoms. The first kappa shape index (κ1) is 15.4. The minimum atomic E-state index is -0.551. The average Bonchev–Trinajstić information content (AvgIpc) is 3.01. The lowest BCUT2D eigenvalue weighted by molar-refractivity contribution is 0.383. The number of phenols is 1. The Morgan fingerprint density at radius 3 is 2.68 bits per heavy atom. The van der Waals surface area contributed by atoms with Gasteiger partial charge in [0.2, 0.25) is 5.89 Å².